The number of carbonyl (C=O) groups is 1. The summed E-state index contributed by atoms with van der Waals surface area (Å²) in [6.45, 7) is 2.45. The van der Waals surface area contributed by atoms with Crippen LogP contribution in [-0.4, -0.2) is 46.3 Å². The van der Waals surface area contributed by atoms with Crippen LogP contribution in [0.3, 0.4) is 0 Å². The van der Waals surface area contributed by atoms with Gasteiger partial charge in [0.05, 0.1) is 12.1 Å². The average Bonchev–Trinajstić information content (AvgIpc) is 3.44. The van der Waals surface area contributed by atoms with Crippen molar-refractivity contribution in [2.24, 2.45) is 13.0 Å². The highest BCUT2D eigenvalue weighted by Crippen LogP contribution is 2.32. The summed E-state index contributed by atoms with van der Waals surface area (Å²) in [5, 5.41) is 7.76. The van der Waals surface area contributed by atoms with Gasteiger partial charge in [0.2, 0.25) is 5.91 Å². The van der Waals surface area contributed by atoms with E-state index in [0.29, 0.717) is 11.9 Å². The van der Waals surface area contributed by atoms with Gasteiger partial charge in [0.25, 0.3) is 0 Å². The Morgan fingerprint density at radius 2 is 1.96 bits per heavy atom. The molecule has 0 unspecified atom stereocenters. The molecule has 5 nitrogen and oxygen atoms in total. The maximum Gasteiger partial charge on any atom is 0.227 e. The predicted octanol–water partition coefficient (Wildman–Crippen LogP) is 3.16. The van der Waals surface area contributed by atoms with Crippen LogP contribution in [0.5, 0.6) is 0 Å². The summed E-state index contributed by atoms with van der Waals surface area (Å²) < 4.78 is 1.83. The Kier molecular flexibility index (Phi) is 7.13. The summed E-state index contributed by atoms with van der Waals surface area (Å²) in [7, 11) is 1.94. The summed E-state index contributed by atoms with van der Waals surface area (Å²) in [4.78, 5) is 15.8. The Morgan fingerprint density at radius 3 is 2.64 bits per heavy atom. The van der Waals surface area contributed by atoms with Gasteiger partial charge < -0.3 is 10.2 Å². The quantitative estimate of drug-likeness (QED) is 0.807. The van der Waals surface area contributed by atoms with Gasteiger partial charge in [-0.15, -0.1) is 12.4 Å². The molecule has 2 aromatic rings. The van der Waals surface area contributed by atoms with E-state index in [1.54, 1.807) is 0 Å². The van der Waals surface area contributed by atoms with Gasteiger partial charge in [-0.1, -0.05) is 43.2 Å². The van der Waals surface area contributed by atoms with E-state index < -0.39 is 0 Å². The topological polar surface area (TPSA) is 50.2 Å². The molecule has 2 aliphatic rings. The number of aromatic nitrogens is 2. The van der Waals surface area contributed by atoms with Crippen LogP contribution in [0, 0.1) is 5.92 Å². The minimum absolute atomic E-state index is 0. The molecular weight excluding hydrogens is 372 g/mol. The van der Waals surface area contributed by atoms with Crippen molar-refractivity contribution in [2.75, 3.05) is 19.6 Å². The monoisotopic (exact) mass is 402 g/mol. The van der Waals surface area contributed by atoms with E-state index in [1.807, 2.05) is 24.0 Å². The number of rotatable bonds is 6. The molecule has 0 spiro atoms. The van der Waals surface area contributed by atoms with Crippen LogP contribution in [0.4, 0.5) is 0 Å². The van der Waals surface area contributed by atoms with Crippen molar-refractivity contribution in [1.29, 1.82) is 0 Å². The van der Waals surface area contributed by atoms with Crippen molar-refractivity contribution in [3.63, 3.8) is 0 Å². The first kappa shape index (κ1) is 20.9. The fourth-order valence-corrected chi connectivity index (χ4v) is 4.72. The third-order valence-electron chi connectivity index (χ3n) is 6.22. The molecule has 1 aromatic carbocycles. The number of nitrogens with one attached hydrogen (secondary N) is 1. The third-order valence-corrected chi connectivity index (χ3v) is 6.22. The van der Waals surface area contributed by atoms with E-state index in [4.69, 9.17) is 0 Å². The van der Waals surface area contributed by atoms with E-state index in [0.717, 1.165) is 38.9 Å². The summed E-state index contributed by atoms with van der Waals surface area (Å²) >= 11 is 0. The third kappa shape index (κ3) is 4.58. The molecule has 0 bridgehead atoms. The molecule has 1 aliphatic heterocycles. The summed E-state index contributed by atoms with van der Waals surface area (Å²) in [5.41, 5.74) is 2.48. The van der Waals surface area contributed by atoms with E-state index >= 15 is 0 Å². The number of hydrogen-bond acceptors (Lipinski definition) is 3. The number of amides is 1. The van der Waals surface area contributed by atoms with Gasteiger partial charge in [0, 0.05) is 44.8 Å². The van der Waals surface area contributed by atoms with Crippen molar-refractivity contribution in [3.05, 3.63) is 53.9 Å². The second-order valence-corrected chi connectivity index (χ2v) is 8.02. The van der Waals surface area contributed by atoms with Crippen molar-refractivity contribution in [2.45, 2.75) is 44.1 Å². The zero-order valence-corrected chi connectivity index (χ0v) is 17.4. The van der Waals surface area contributed by atoms with Crippen LogP contribution in [0.15, 0.2) is 42.7 Å². The molecule has 28 heavy (non-hydrogen) atoms. The van der Waals surface area contributed by atoms with Gasteiger partial charge in [0.1, 0.15) is 0 Å². The number of aryl methyl sites for hydroxylation is 1. The standard InChI is InChI=1S/C22H30N4O.ClH/c1-25-16-18(13-24-25)20-14-23-15-21(20)22(27)26(19-9-5-6-10-19)12-11-17-7-3-2-4-8-17;/h2-4,7-8,13,16,19-21,23H,5-6,9-12,14-15H2,1H3;1H/t20-,21+;/m1./s1. The van der Waals surface area contributed by atoms with Crippen LogP contribution in [0.2, 0.25) is 0 Å². The number of carbonyl (C=O) groups excluding carboxylic acids is 1. The van der Waals surface area contributed by atoms with Crippen LogP contribution in [-0.2, 0) is 18.3 Å². The van der Waals surface area contributed by atoms with Crippen molar-refractivity contribution in [1.82, 2.24) is 20.0 Å². The lowest BCUT2D eigenvalue weighted by Gasteiger charge is -2.33. The number of nitrogens with zero attached hydrogens (tertiary/aromatic N) is 3. The van der Waals surface area contributed by atoms with Crippen molar-refractivity contribution >= 4 is 18.3 Å². The molecule has 1 N–H and O–H groups in total. The zero-order chi connectivity index (χ0) is 18.6. The maximum absolute atomic E-state index is 13.6. The first-order valence-electron chi connectivity index (χ1n) is 10.3. The van der Waals surface area contributed by atoms with Gasteiger partial charge >= 0.3 is 0 Å². The maximum atomic E-state index is 13.6. The van der Waals surface area contributed by atoms with E-state index in [9.17, 15) is 4.79 Å². The van der Waals surface area contributed by atoms with Gasteiger partial charge in [-0.05, 0) is 30.4 Å². The second kappa shape index (κ2) is 9.57. The van der Waals surface area contributed by atoms with E-state index in [-0.39, 0.29) is 24.2 Å². The molecule has 2 atom stereocenters. The highest BCUT2D eigenvalue weighted by molar-refractivity contribution is 5.85. The average molecular weight is 403 g/mol. The number of halogens is 1. The molecule has 6 heteroatoms. The van der Waals surface area contributed by atoms with Crippen molar-refractivity contribution < 1.29 is 4.79 Å². The minimum atomic E-state index is 0. The first-order chi connectivity index (χ1) is 13.2. The molecule has 1 amide bonds. The van der Waals surface area contributed by atoms with Crippen LogP contribution < -0.4 is 5.32 Å². The van der Waals surface area contributed by atoms with Crippen LogP contribution >= 0.6 is 12.4 Å². The van der Waals surface area contributed by atoms with Crippen LogP contribution in [0.25, 0.3) is 0 Å². The molecular formula is C22H31ClN4O. The molecule has 2 heterocycles. The Labute approximate surface area is 173 Å². The fraction of sp³-hybridized carbons (Fsp3) is 0.545. The Hall–Kier alpha value is -1.85. The smallest absolute Gasteiger partial charge is 0.227 e. The number of hydrogen-bond donors (Lipinski definition) is 1. The summed E-state index contributed by atoms with van der Waals surface area (Å²) in [6, 6.07) is 10.9. The molecule has 1 saturated heterocycles. The predicted molar refractivity (Wildman–Crippen MR) is 114 cm³/mol. The molecule has 2 fully saturated rings. The van der Waals surface area contributed by atoms with Crippen LogP contribution in [0.1, 0.15) is 42.7 Å². The molecule has 4 rings (SSSR count). The zero-order valence-electron chi connectivity index (χ0n) is 16.6. The molecule has 0 radical (unpaired) electrons. The lowest BCUT2D eigenvalue weighted by molar-refractivity contribution is -0.137. The lowest BCUT2D eigenvalue weighted by Crippen LogP contribution is -2.45. The molecule has 1 aliphatic carbocycles. The molecule has 1 saturated carbocycles. The normalized spacial score (nSPS) is 22.2. The van der Waals surface area contributed by atoms with E-state index in [2.05, 4.69) is 45.8 Å². The molecule has 152 valence electrons. The van der Waals surface area contributed by atoms with Gasteiger partial charge in [0.15, 0.2) is 0 Å². The Bertz CT molecular complexity index is 757. The Balaban J connectivity index is 0.00000225. The summed E-state index contributed by atoms with van der Waals surface area (Å²) in [5.74, 6) is 0.578. The van der Waals surface area contributed by atoms with Gasteiger partial charge in [-0.25, -0.2) is 0 Å². The van der Waals surface area contributed by atoms with E-state index in [1.165, 1.54) is 24.0 Å². The largest absolute Gasteiger partial charge is 0.339 e. The van der Waals surface area contributed by atoms with Crippen molar-refractivity contribution in [3.8, 4) is 0 Å². The first-order valence-corrected chi connectivity index (χ1v) is 10.3. The minimum Gasteiger partial charge on any atom is -0.339 e. The fourth-order valence-electron chi connectivity index (χ4n) is 4.72. The van der Waals surface area contributed by atoms with Gasteiger partial charge in [-0.2, -0.15) is 5.10 Å². The SMILES string of the molecule is Cl.Cn1cc([C@H]2CNC[C@@H]2C(=O)N(CCc2ccccc2)C2CCCC2)cn1. The summed E-state index contributed by atoms with van der Waals surface area (Å²) in [6.07, 6.45) is 9.70. The Morgan fingerprint density at radius 1 is 1.21 bits per heavy atom. The van der Waals surface area contributed by atoms with Gasteiger partial charge in [-0.3, -0.25) is 9.48 Å². The highest BCUT2D eigenvalue weighted by atomic mass is 35.5. The number of benzene rings is 1. The second-order valence-electron chi connectivity index (χ2n) is 8.02. The lowest BCUT2D eigenvalue weighted by atomic mass is 9.89. The molecule has 1 aromatic heterocycles. The highest BCUT2D eigenvalue weighted by Gasteiger charge is 2.39.